The van der Waals surface area contributed by atoms with E-state index >= 15 is 0 Å². The Labute approximate surface area is 187 Å². The first-order chi connectivity index (χ1) is 14.7. The fraction of sp³-hybridized carbons (Fsp3) is 0.926. The summed E-state index contributed by atoms with van der Waals surface area (Å²) in [5.74, 6) is 3.17. The molecule has 2 aliphatic heterocycles. The molecule has 0 aromatic rings. The highest BCUT2D eigenvalue weighted by atomic mass is 16.7. The van der Waals surface area contributed by atoms with Crippen molar-refractivity contribution < 1.29 is 19.7 Å². The summed E-state index contributed by atoms with van der Waals surface area (Å²) in [5.41, 5.74) is 1.48. The number of rotatable bonds is 0. The van der Waals surface area contributed by atoms with Crippen LogP contribution in [0.1, 0.15) is 79.1 Å². The van der Waals surface area contributed by atoms with Crippen LogP contribution >= 0.6 is 0 Å². The number of ether oxygens (including phenoxy) is 2. The average molecular weight is 431 g/mol. The topological polar surface area (TPSA) is 58.9 Å². The predicted octanol–water partition coefficient (Wildman–Crippen LogP) is 4.68. The van der Waals surface area contributed by atoms with Crippen molar-refractivity contribution in [2.24, 2.45) is 46.3 Å². The van der Waals surface area contributed by atoms with Crippen LogP contribution in [0.4, 0.5) is 0 Å². The van der Waals surface area contributed by atoms with E-state index in [9.17, 15) is 10.2 Å². The first-order valence-electron chi connectivity index (χ1n) is 13.1. The molecule has 174 valence electrons. The molecule has 31 heavy (non-hydrogen) atoms. The highest BCUT2D eigenvalue weighted by Crippen LogP contribution is 2.70. The molecular weight excluding hydrogens is 388 g/mol. The van der Waals surface area contributed by atoms with E-state index in [1.165, 1.54) is 24.8 Å². The maximum absolute atomic E-state index is 11.1. The summed E-state index contributed by atoms with van der Waals surface area (Å²) in [6.45, 7) is 10.4. The minimum Gasteiger partial charge on any atom is -0.393 e. The molecule has 3 saturated carbocycles. The molecule has 0 radical (unpaired) electrons. The number of allylic oxidation sites excluding steroid dienone is 1. The third kappa shape index (κ3) is 2.68. The van der Waals surface area contributed by atoms with Crippen molar-refractivity contribution in [2.75, 3.05) is 6.61 Å². The van der Waals surface area contributed by atoms with Gasteiger partial charge in [0.2, 0.25) is 0 Å². The van der Waals surface area contributed by atoms with Crippen molar-refractivity contribution in [3.63, 3.8) is 0 Å². The van der Waals surface area contributed by atoms with Gasteiger partial charge in [0.25, 0.3) is 0 Å². The zero-order valence-corrected chi connectivity index (χ0v) is 19.8. The summed E-state index contributed by atoms with van der Waals surface area (Å²) in [5, 5.41) is 21.4. The van der Waals surface area contributed by atoms with Crippen LogP contribution in [-0.2, 0) is 9.47 Å². The van der Waals surface area contributed by atoms with Crippen molar-refractivity contribution >= 4 is 0 Å². The summed E-state index contributed by atoms with van der Waals surface area (Å²) in [4.78, 5) is 0. The van der Waals surface area contributed by atoms with Crippen LogP contribution < -0.4 is 0 Å². The molecule has 2 N–H and O–H groups in total. The summed E-state index contributed by atoms with van der Waals surface area (Å²) in [7, 11) is 0. The van der Waals surface area contributed by atoms with E-state index in [0.29, 0.717) is 53.4 Å². The molecule has 0 aromatic carbocycles. The molecule has 2 heterocycles. The Morgan fingerprint density at radius 1 is 1.03 bits per heavy atom. The van der Waals surface area contributed by atoms with Gasteiger partial charge < -0.3 is 19.7 Å². The van der Waals surface area contributed by atoms with Crippen LogP contribution in [0.2, 0.25) is 0 Å². The Morgan fingerprint density at radius 2 is 1.84 bits per heavy atom. The van der Waals surface area contributed by atoms with E-state index < -0.39 is 6.10 Å². The van der Waals surface area contributed by atoms with Crippen LogP contribution in [0.3, 0.4) is 0 Å². The molecule has 0 aromatic heterocycles. The SMILES string of the molecule is C[C@@H]1CC[C@@]2(OC1)O[C@H]1C[C@H]3[C@@H]4CC=C5C[C@H](O)C[C@@H](O)[C@]5(C)[C@H]4CC[C@]3(C)[C@H]1[C@@H]2C. The van der Waals surface area contributed by atoms with Gasteiger partial charge in [-0.25, -0.2) is 0 Å². The lowest BCUT2D eigenvalue weighted by atomic mass is 9.46. The Morgan fingerprint density at radius 3 is 2.58 bits per heavy atom. The van der Waals surface area contributed by atoms with Crippen LogP contribution in [0, 0.1) is 46.3 Å². The van der Waals surface area contributed by atoms with E-state index in [1.54, 1.807) is 0 Å². The molecule has 0 unspecified atom stereocenters. The van der Waals surface area contributed by atoms with Crippen LogP contribution in [-0.4, -0.2) is 40.9 Å². The van der Waals surface area contributed by atoms with Crippen molar-refractivity contribution in [3.05, 3.63) is 11.6 Å². The molecule has 5 fully saturated rings. The molecule has 4 heteroatoms. The summed E-state index contributed by atoms with van der Waals surface area (Å²) in [6.07, 6.45) is 10.2. The van der Waals surface area contributed by atoms with Crippen molar-refractivity contribution in [1.82, 2.24) is 0 Å². The van der Waals surface area contributed by atoms with Crippen LogP contribution in [0.15, 0.2) is 11.6 Å². The molecule has 6 rings (SSSR count). The molecule has 4 nitrogen and oxygen atoms in total. The molecule has 0 bridgehead atoms. The van der Waals surface area contributed by atoms with Crippen LogP contribution in [0.5, 0.6) is 0 Å². The van der Waals surface area contributed by atoms with Crippen molar-refractivity contribution in [3.8, 4) is 0 Å². The lowest BCUT2D eigenvalue weighted by molar-refractivity contribution is -0.272. The standard InChI is InChI=1S/C27H42O4/c1-15-7-10-27(30-14-15)16(2)24-22(31-27)13-21-19-6-5-17-11-18(28)12-23(29)26(17,4)20(19)8-9-25(21,24)3/h5,15-16,18-24,28-29H,6-14H2,1-4H3/t15-,16+,18+,19-,20+,21+,22+,23-,24+,25+,26+,27-/m1/s1. The monoisotopic (exact) mass is 430 g/mol. The lowest BCUT2D eigenvalue weighted by Gasteiger charge is -2.59. The molecule has 2 saturated heterocycles. The van der Waals surface area contributed by atoms with E-state index in [1.807, 2.05) is 0 Å². The first-order valence-corrected chi connectivity index (χ1v) is 13.1. The van der Waals surface area contributed by atoms with E-state index in [2.05, 4.69) is 33.8 Å². The summed E-state index contributed by atoms with van der Waals surface area (Å²) >= 11 is 0. The maximum atomic E-state index is 11.1. The Balaban J connectivity index is 1.29. The highest BCUT2D eigenvalue weighted by molar-refractivity contribution is 5.28. The van der Waals surface area contributed by atoms with Gasteiger partial charge in [0.05, 0.1) is 24.9 Å². The maximum Gasteiger partial charge on any atom is 0.171 e. The molecule has 4 aliphatic carbocycles. The van der Waals surface area contributed by atoms with Gasteiger partial charge in [-0.3, -0.25) is 0 Å². The van der Waals surface area contributed by atoms with Gasteiger partial charge in [-0.05, 0) is 73.5 Å². The van der Waals surface area contributed by atoms with Crippen molar-refractivity contribution in [2.45, 2.75) is 103 Å². The second-order valence-electron chi connectivity index (χ2n) is 12.8. The van der Waals surface area contributed by atoms with Gasteiger partial charge in [0.1, 0.15) is 0 Å². The Kier molecular flexibility index (Phi) is 4.64. The van der Waals surface area contributed by atoms with Gasteiger partial charge in [0.15, 0.2) is 5.79 Å². The minimum absolute atomic E-state index is 0.155. The number of hydrogen-bond donors (Lipinski definition) is 2. The quantitative estimate of drug-likeness (QED) is 0.548. The molecule has 1 spiro atoms. The second-order valence-corrected chi connectivity index (χ2v) is 12.8. The fourth-order valence-corrected chi connectivity index (χ4v) is 9.72. The lowest BCUT2D eigenvalue weighted by Crippen LogP contribution is -2.56. The predicted molar refractivity (Wildman–Crippen MR) is 119 cm³/mol. The molecular formula is C27H42O4. The van der Waals surface area contributed by atoms with Gasteiger partial charge in [-0.1, -0.05) is 39.3 Å². The smallest absolute Gasteiger partial charge is 0.171 e. The molecule has 12 atom stereocenters. The zero-order valence-electron chi connectivity index (χ0n) is 19.8. The van der Waals surface area contributed by atoms with E-state index in [0.717, 1.165) is 32.3 Å². The normalized spacial score (nSPS) is 60.7. The van der Waals surface area contributed by atoms with E-state index in [4.69, 9.17) is 9.47 Å². The fourth-order valence-electron chi connectivity index (χ4n) is 9.72. The molecule has 6 aliphatic rings. The largest absolute Gasteiger partial charge is 0.393 e. The Bertz CT molecular complexity index is 769. The summed E-state index contributed by atoms with van der Waals surface area (Å²) in [6, 6.07) is 0. The third-order valence-electron chi connectivity index (χ3n) is 11.4. The van der Waals surface area contributed by atoms with Gasteiger partial charge >= 0.3 is 0 Å². The van der Waals surface area contributed by atoms with Gasteiger partial charge in [-0.15, -0.1) is 0 Å². The van der Waals surface area contributed by atoms with Gasteiger partial charge in [-0.2, -0.15) is 0 Å². The van der Waals surface area contributed by atoms with Crippen molar-refractivity contribution in [1.29, 1.82) is 0 Å². The average Bonchev–Trinajstić information content (AvgIpc) is 3.16. The number of aliphatic hydroxyl groups is 2. The van der Waals surface area contributed by atoms with E-state index in [-0.39, 0.29) is 17.3 Å². The second kappa shape index (κ2) is 6.81. The summed E-state index contributed by atoms with van der Waals surface area (Å²) < 4.78 is 13.3. The van der Waals surface area contributed by atoms with Gasteiger partial charge in [0, 0.05) is 24.2 Å². The van der Waals surface area contributed by atoms with Crippen LogP contribution in [0.25, 0.3) is 0 Å². The Hall–Kier alpha value is -0.420. The third-order valence-corrected chi connectivity index (χ3v) is 11.4. The first kappa shape index (κ1) is 21.1. The number of aliphatic hydroxyl groups excluding tert-OH is 2. The number of fused-ring (bicyclic) bond motifs is 7. The number of hydrogen-bond acceptors (Lipinski definition) is 4. The molecule has 0 amide bonds. The minimum atomic E-state index is -0.420. The zero-order chi connectivity index (χ0) is 21.8. The highest BCUT2D eigenvalue weighted by Gasteiger charge is 2.69.